The number of phenols is 1. The standard InChI is InChI=1S/C44H42O6/c45-38-26-25-36-23-13-14-24-37(36)40(38)42-44(49-30-35-21-11-4-12-22-35)43(48-29-34-19-9-3-10-20-34)41(47-28-33-17-7-2-8-18-33)39(50-42)31-46-27-32-15-5-1-6-16-32/h1-26,39,41-45H,27-31H2/t39?,41-,42-,43?,44?/m1/s1. The number of fused-ring (bicyclic) bond motifs is 1. The van der Waals surface area contributed by atoms with Crippen LogP contribution in [-0.2, 0) is 50.1 Å². The first kappa shape index (κ1) is 33.7. The maximum Gasteiger partial charge on any atom is 0.122 e. The Labute approximate surface area is 293 Å². The zero-order chi connectivity index (χ0) is 34.0. The van der Waals surface area contributed by atoms with E-state index in [0.717, 1.165) is 33.0 Å². The summed E-state index contributed by atoms with van der Waals surface area (Å²) in [5, 5.41) is 13.4. The first-order valence-corrected chi connectivity index (χ1v) is 17.2. The molecule has 1 aliphatic heterocycles. The summed E-state index contributed by atoms with van der Waals surface area (Å²) >= 11 is 0. The number of aromatic hydroxyl groups is 1. The minimum atomic E-state index is -0.701. The summed E-state index contributed by atoms with van der Waals surface area (Å²) in [5.74, 6) is 0.136. The number of hydrogen-bond acceptors (Lipinski definition) is 6. The summed E-state index contributed by atoms with van der Waals surface area (Å²) in [5.41, 5.74) is 4.81. The third kappa shape index (κ3) is 8.30. The predicted octanol–water partition coefficient (Wildman–Crippen LogP) is 8.96. The van der Waals surface area contributed by atoms with Gasteiger partial charge < -0.3 is 28.8 Å². The molecule has 7 rings (SSSR count). The second-order valence-corrected chi connectivity index (χ2v) is 12.6. The zero-order valence-electron chi connectivity index (χ0n) is 27.9. The lowest BCUT2D eigenvalue weighted by Crippen LogP contribution is -2.58. The van der Waals surface area contributed by atoms with Crippen molar-refractivity contribution in [3.05, 3.63) is 186 Å². The monoisotopic (exact) mass is 666 g/mol. The average molecular weight is 667 g/mol. The summed E-state index contributed by atoms with van der Waals surface area (Å²) < 4.78 is 34.0. The summed E-state index contributed by atoms with van der Waals surface area (Å²) in [7, 11) is 0. The van der Waals surface area contributed by atoms with E-state index in [0.29, 0.717) is 32.0 Å². The van der Waals surface area contributed by atoms with Gasteiger partial charge in [-0.3, -0.25) is 0 Å². The Morgan fingerprint density at radius 1 is 0.460 bits per heavy atom. The van der Waals surface area contributed by atoms with Crippen molar-refractivity contribution in [2.75, 3.05) is 6.61 Å². The Morgan fingerprint density at radius 3 is 1.48 bits per heavy atom. The fraction of sp³-hybridized carbons (Fsp3) is 0.227. The van der Waals surface area contributed by atoms with Gasteiger partial charge in [-0.05, 0) is 39.1 Å². The van der Waals surface area contributed by atoms with Crippen molar-refractivity contribution >= 4 is 10.8 Å². The fourth-order valence-corrected chi connectivity index (χ4v) is 6.60. The number of rotatable bonds is 14. The van der Waals surface area contributed by atoms with Gasteiger partial charge in [0.25, 0.3) is 0 Å². The zero-order valence-corrected chi connectivity index (χ0v) is 27.9. The van der Waals surface area contributed by atoms with Gasteiger partial charge in [0.15, 0.2) is 0 Å². The smallest absolute Gasteiger partial charge is 0.122 e. The summed E-state index contributed by atoms with van der Waals surface area (Å²) in [6.45, 7) is 1.67. The normalized spacial score (nSPS) is 20.5. The Kier molecular flexibility index (Phi) is 11.3. The van der Waals surface area contributed by atoms with Crippen LogP contribution in [0.4, 0.5) is 0 Å². The molecule has 0 amide bonds. The van der Waals surface area contributed by atoms with Crippen molar-refractivity contribution in [1.82, 2.24) is 0 Å². The van der Waals surface area contributed by atoms with E-state index in [4.69, 9.17) is 23.7 Å². The van der Waals surface area contributed by atoms with Crippen LogP contribution >= 0.6 is 0 Å². The predicted molar refractivity (Wildman–Crippen MR) is 194 cm³/mol. The minimum Gasteiger partial charge on any atom is -0.508 e. The van der Waals surface area contributed by atoms with Crippen LogP contribution < -0.4 is 0 Å². The second kappa shape index (κ2) is 16.7. The second-order valence-electron chi connectivity index (χ2n) is 12.6. The highest BCUT2D eigenvalue weighted by Crippen LogP contribution is 2.44. The van der Waals surface area contributed by atoms with Crippen molar-refractivity contribution < 1.29 is 28.8 Å². The molecule has 254 valence electrons. The van der Waals surface area contributed by atoms with E-state index >= 15 is 0 Å². The molecule has 0 spiro atoms. The first-order chi connectivity index (χ1) is 24.7. The first-order valence-electron chi connectivity index (χ1n) is 17.2. The molecule has 50 heavy (non-hydrogen) atoms. The lowest BCUT2D eigenvalue weighted by atomic mass is 9.87. The SMILES string of the molecule is Oc1ccc2ccccc2c1[C@H]1OC(COCc2ccccc2)[C@@H](OCc2ccccc2)C(OCc2ccccc2)C1OCc1ccccc1. The highest BCUT2D eigenvalue weighted by Gasteiger charge is 2.50. The van der Waals surface area contributed by atoms with Gasteiger partial charge in [0.05, 0.1) is 33.0 Å². The third-order valence-electron chi connectivity index (χ3n) is 9.12. The van der Waals surface area contributed by atoms with Crippen LogP contribution in [-0.4, -0.2) is 36.1 Å². The molecule has 0 radical (unpaired) electrons. The van der Waals surface area contributed by atoms with Crippen molar-refractivity contribution in [3.8, 4) is 5.75 Å². The summed E-state index contributed by atoms with van der Waals surface area (Å²) in [4.78, 5) is 0. The van der Waals surface area contributed by atoms with Gasteiger partial charge in [0.2, 0.25) is 0 Å². The molecule has 6 nitrogen and oxygen atoms in total. The lowest BCUT2D eigenvalue weighted by molar-refractivity contribution is -0.275. The minimum absolute atomic E-state index is 0.136. The fourth-order valence-electron chi connectivity index (χ4n) is 6.60. The van der Waals surface area contributed by atoms with Crippen molar-refractivity contribution in [2.45, 2.75) is 56.9 Å². The Morgan fingerprint density at radius 2 is 0.920 bits per heavy atom. The van der Waals surface area contributed by atoms with Gasteiger partial charge in [-0.2, -0.15) is 0 Å². The molecule has 3 unspecified atom stereocenters. The quantitative estimate of drug-likeness (QED) is 0.125. The molecule has 1 aliphatic rings. The molecule has 0 aliphatic carbocycles. The molecule has 6 aromatic carbocycles. The van der Waals surface area contributed by atoms with E-state index in [1.165, 1.54) is 0 Å². The number of ether oxygens (including phenoxy) is 5. The van der Waals surface area contributed by atoms with Gasteiger partial charge >= 0.3 is 0 Å². The maximum atomic E-state index is 11.5. The molecule has 6 heteroatoms. The van der Waals surface area contributed by atoms with Crippen LogP contribution in [0, 0.1) is 0 Å². The molecule has 1 heterocycles. The third-order valence-corrected chi connectivity index (χ3v) is 9.12. The molecule has 0 bridgehead atoms. The molecule has 0 saturated carbocycles. The van der Waals surface area contributed by atoms with E-state index < -0.39 is 30.5 Å². The summed E-state index contributed by atoms with van der Waals surface area (Å²) in [6.07, 6.45) is -3.06. The summed E-state index contributed by atoms with van der Waals surface area (Å²) in [6, 6.07) is 52.0. The van der Waals surface area contributed by atoms with Crippen LogP contribution in [0.25, 0.3) is 10.8 Å². The van der Waals surface area contributed by atoms with Crippen LogP contribution in [0.3, 0.4) is 0 Å². The van der Waals surface area contributed by atoms with Gasteiger partial charge in [-0.25, -0.2) is 0 Å². The maximum absolute atomic E-state index is 11.5. The molecule has 5 atom stereocenters. The van der Waals surface area contributed by atoms with Crippen LogP contribution in [0.15, 0.2) is 158 Å². The molecule has 1 N–H and O–H groups in total. The largest absolute Gasteiger partial charge is 0.508 e. The lowest BCUT2D eigenvalue weighted by Gasteiger charge is -2.46. The topological polar surface area (TPSA) is 66.4 Å². The van der Waals surface area contributed by atoms with Crippen molar-refractivity contribution in [3.63, 3.8) is 0 Å². The van der Waals surface area contributed by atoms with Crippen LogP contribution in [0.1, 0.15) is 33.9 Å². The highest BCUT2D eigenvalue weighted by atomic mass is 16.6. The Bertz CT molecular complexity index is 1900. The van der Waals surface area contributed by atoms with E-state index in [-0.39, 0.29) is 12.4 Å². The van der Waals surface area contributed by atoms with Gasteiger partial charge in [-0.15, -0.1) is 0 Å². The van der Waals surface area contributed by atoms with Gasteiger partial charge in [0, 0.05) is 5.56 Å². The van der Waals surface area contributed by atoms with Crippen LogP contribution in [0.5, 0.6) is 5.75 Å². The Balaban J connectivity index is 1.29. The molecular weight excluding hydrogens is 624 g/mol. The van der Waals surface area contributed by atoms with Gasteiger partial charge in [0.1, 0.15) is 36.3 Å². The molecular formula is C44H42O6. The molecule has 0 aromatic heterocycles. The van der Waals surface area contributed by atoms with Gasteiger partial charge in [-0.1, -0.05) is 152 Å². The van der Waals surface area contributed by atoms with E-state index in [1.54, 1.807) is 6.07 Å². The van der Waals surface area contributed by atoms with Crippen molar-refractivity contribution in [2.24, 2.45) is 0 Å². The van der Waals surface area contributed by atoms with Crippen molar-refractivity contribution in [1.29, 1.82) is 0 Å². The highest BCUT2D eigenvalue weighted by molar-refractivity contribution is 5.88. The Hall–Kier alpha value is -4.82. The number of hydrogen-bond donors (Lipinski definition) is 1. The van der Waals surface area contributed by atoms with E-state index in [2.05, 4.69) is 0 Å². The number of phenolic OH excluding ortho intramolecular Hbond substituents is 1. The molecule has 6 aromatic rings. The number of benzene rings is 6. The average Bonchev–Trinajstić information content (AvgIpc) is 3.17. The van der Waals surface area contributed by atoms with Crippen LogP contribution in [0.2, 0.25) is 0 Å². The molecule has 1 saturated heterocycles. The molecule has 1 fully saturated rings. The van der Waals surface area contributed by atoms with E-state index in [1.807, 2.05) is 152 Å². The van der Waals surface area contributed by atoms with E-state index in [9.17, 15) is 5.11 Å².